The van der Waals surface area contributed by atoms with Crippen LogP contribution in [0.4, 0.5) is 8.78 Å². The van der Waals surface area contributed by atoms with Gasteiger partial charge in [0.2, 0.25) is 0 Å². The zero-order valence-corrected chi connectivity index (χ0v) is 10.6. The zero-order chi connectivity index (χ0) is 13.4. The fourth-order valence-corrected chi connectivity index (χ4v) is 1.22. The van der Waals surface area contributed by atoms with E-state index in [1.54, 1.807) is 7.11 Å². The van der Waals surface area contributed by atoms with Gasteiger partial charge in [-0.25, -0.2) is 8.78 Å². The maximum absolute atomic E-state index is 12.9. The van der Waals surface area contributed by atoms with Crippen LogP contribution in [0.15, 0.2) is 23.3 Å². The summed E-state index contributed by atoms with van der Waals surface area (Å²) in [4.78, 5) is 0. The highest BCUT2D eigenvalue weighted by molar-refractivity contribution is 7.80. The molecule has 0 heterocycles. The Hall–Kier alpha value is -1.60. The van der Waals surface area contributed by atoms with E-state index in [0.717, 1.165) is 12.1 Å². The number of ether oxygens (including phenoxy) is 1. The average Bonchev–Trinajstić information content (AvgIpc) is 2.34. The van der Waals surface area contributed by atoms with Crippen LogP contribution in [0, 0.1) is 11.6 Å². The maximum atomic E-state index is 12.9. The third kappa shape index (κ3) is 5.15. The highest BCUT2D eigenvalue weighted by Gasteiger charge is 2.00. The Balaban J connectivity index is 2.40. The van der Waals surface area contributed by atoms with Crippen molar-refractivity contribution in [3.05, 3.63) is 35.4 Å². The van der Waals surface area contributed by atoms with Crippen molar-refractivity contribution in [2.75, 3.05) is 20.3 Å². The van der Waals surface area contributed by atoms with Crippen molar-refractivity contribution in [3.8, 4) is 0 Å². The predicted molar refractivity (Wildman–Crippen MR) is 69.6 cm³/mol. The van der Waals surface area contributed by atoms with Crippen LogP contribution >= 0.6 is 12.2 Å². The van der Waals surface area contributed by atoms with Gasteiger partial charge in [-0.3, -0.25) is 5.43 Å². The zero-order valence-electron chi connectivity index (χ0n) is 9.74. The molecule has 0 saturated carbocycles. The molecule has 1 rings (SSSR count). The van der Waals surface area contributed by atoms with E-state index in [1.807, 2.05) is 0 Å². The molecule has 0 bridgehead atoms. The van der Waals surface area contributed by atoms with Gasteiger partial charge in [0.15, 0.2) is 16.7 Å². The lowest BCUT2D eigenvalue weighted by molar-refractivity contribution is 0.204. The number of halogens is 2. The van der Waals surface area contributed by atoms with E-state index in [9.17, 15) is 8.78 Å². The van der Waals surface area contributed by atoms with Gasteiger partial charge in [-0.05, 0) is 29.9 Å². The quantitative estimate of drug-likeness (QED) is 0.368. The van der Waals surface area contributed by atoms with E-state index < -0.39 is 11.6 Å². The smallest absolute Gasteiger partial charge is 0.187 e. The summed E-state index contributed by atoms with van der Waals surface area (Å²) < 4.78 is 30.3. The summed E-state index contributed by atoms with van der Waals surface area (Å²) in [6.45, 7) is 1.08. The topological polar surface area (TPSA) is 45.6 Å². The summed E-state index contributed by atoms with van der Waals surface area (Å²) in [6, 6.07) is 3.48. The van der Waals surface area contributed by atoms with Gasteiger partial charge in [-0.1, -0.05) is 6.07 Å². The van der Waals surface area contributed by atoms with E-state index in [1.165, 1.54) is 12.3 Å². The van der Waals surface area contributed by atoms with Crippen LogP contribution in [-0.4, -0.2) is 31.6 Å². The van der Waals surface area contributed by atoms with E-state index >= 15 is 0 Å². The Morgan fingerprint density at radius 1 is 1.44 bits per heavy atom. The van der Waals surface area contributed by atoms with Crippen molar-refractivity contribution in [3.63, 3.8) is 0 Å². The Bertz CT molecular complexity index is 440. The summed E-state index contributed by atoms with van der Waals surface area (Å²) in [5.74, 6) is -1.81. The summed E-state index contributed by atoms with van der Waals surface area (Å²) in [6.07, 6.45) is 1.34. The molecule has 0 unspecified atom stereocenters. The van der Waals surface area contributed by atoms with E-state index in [-0.39, 0.29) is 0 Å². The molecular formula is C11H13F2N3OS. The molecule has 1 aromatic rings. The van der Waals surface area contributed by atoms with E-state index in [2.05, 4.69) is 15.8 Å². The van der Waals surface area contributed by atoms with Crippen molar-refractivity contribution in [2.24, 2.45) is 5.10 Å². The lowest BCUT2D eigenvalue weighted by atomic mass is 10.2. The molecule has 0 spiro atoms. The van der Waals surface area contributed by atoms with Gasteiger partial charge in [0.05, 0.1) is 12.8 Å². The number of hydrogen-bond acceptors (Lipinski definition) is 3. The van der Waals surface area contributed by atoms with E-state index in [0.29, 0.717) is 23.8 Å². The summed E-state index contributed by atoms with van der Waals surface area (Å²) >= 11 is 4.90. The van der Waals surface area contributed by atoms with Crippen LogP contribution < -0.4 is 10.7 Å². The van der Waals surface area contributed by atoms with Crippen LogP contribution in [-0.2, 0) is 4.74 Å². The molecule has 0 aliphatic carbocycles. The Kier molecular flexibility index (Phi) is 6.16. The minimum Gasteiger partial charge on any atom is -0.383 e. The molecule has 0 aliphatic heterocycles. The standard InChI is InChI=1S/C11H13F2N3OS/c1-17-5-4-14-11(18)16-15-7-8-2-3-9(12)10(13)6-8/h2-3,6-7H,4-5H2,1H3,(H2,14,16,18)/b15-7-. The number of rotatable bonds is 5. The van der Waals surface area contributed by atoms with E-state index in [4.69, 9.17) is 17.0 Å². The molecule has 7 heteroatoms. The Labute approximate surface area is 109 Å². The molecule has 0 aromatic heterocycles. The van der Waals surface area contributed by atoms with Crippen LogP contribution in [0.1, 0.15) is 5.56 Å². The van der Waals surface area contributed by atoms with Gasteiger partial charge in [0.1, 0.15) is 0 Å². The Morgan fingerprint density at radius 3 is 2.89 bits per heavy atom. The van der Waals surface area contributed by atoms with Crippen molar-refractivity contribution in [2.45, 2.75) is 0 Å². The third-order valence-electron chi connectivity index (χ3n) is 1.92. The number of hydrazone groups is 1. The average molecular weight is 273 g/mol. The molecule has 1 aromatic carbocycles. The van der Waals surface area contributed by atoms with Crippen molar-refractivity contribution in [1.82, 2.24) is 10.7 Å². The number of hydrogen-bond donors (Lipinski definition) is 2. The number of thiocarbonyl (C=S) groups is 1. The second-order valence-electron chi connectivity index (χ2n) is 3.29. The summed E-state index contributed by atoms with van der Waals surface area (Å²) in [5, 5.41) is 6.95. The van der Waals surface area contributed by atoms with Crippen LogP contribution in [0.5, 0.6) is 0 Å². The highest BCUT2D eigenvalue weighted by atomic mass is 32.1. The van der Waals surface area contributed by atoms with Gasteiger partial charge in [0.25, 0.3) is 0 Å². The lowest BCUT2D eigenvalue weighted by Crippen LogP contribution is -2.34. The number of nitrogens with one attached hydrogen (secondary N) is 2. The van der Waals surface area contributed by atoms with Gasteiger partial charge in [-0.15, -0.1) is 0 Å². The highest BCUT2D eigenvalue weighted by Crippen LogP contribution is 2.06. The lowest BCUT2D eigenvalue weighted by Gasteiger charge is -2.05. The fraction of sp³-hybridized carbons (Fsp3) is 0.273. The first-order valence-electron chi connectivity index (χ1n) is 5.14. The summed E-state index contributed by atoms with van der Waals surface area (Å²) in [7, 11) is 1.58. The molecular weight excluding hydrogens is 260 g/mol. The molecule has 0 aliphatic rings. The number of methoxy groups -OCH3 is 1. The van der Waals surface area contributed by atoms with Crippen LogP contribution in [0.25, 0.3) is 0 Å². The largest absolute Gasteiger partial charge is 0.383 e. The van der Waals surface area contributed by atoms with Crippen molar-refractivity contribution >= 4 is 23.5 Å². The molecule has 4 nitrogen and oxygen atoms in total. The van der Waals surface area contributed by atoms with Gasteiger partial charge in [-0.2, -0.15) is 5.10 Å². The molecule has 0 fully saturated rings. The first kappa shape index (κ1) is 14.5. The second-order valence-corrected chi connectivity index (χ2v) is 3.70. The third-order valence-corrected chi connectivity index (χ3v) is 2.15. The molecule has 0 saturated heterocycles. The SMILES string of the molecule is COCCNC(=S)N/N=C\c1ccc(F)c(F)c1. The molecule has 2 N–H and O–H groups in total. The van der Waals surface area contributed by atoms with Crippen LogP contribution in [0.3, 0.4) is 0 Å². The first-order chi connectivity index (χ1) is 8.63. The molecule has 18 heavy (non-hydrogen) atoms. The Morgan fingerprint density at radius 2 is 2.22 bits per heavy atom. The van der Waals surface area contributed by atoms with Crippen molar-refractivity contribution < 1.29 is 13.5 Å². The molecule has 98 valence electrons. The summed E-state index contributed by atoms with van der Waals surface area (Å²) in [5.41, 5.74) is 2.97. The maximum Gasteiger partial charge on any atom is 0.187 e. The van der Waals surface area contributed by atoms with Crippen molar-refractivity contribution in [1.29, 1.82) is 0 Å². The number of nitrogens with zero attached hydrogens (tertiary/aromatic N) is 1. The molecule has 0 atom stereocenters. The second kappa shape index (κ2) is 7.67. The van der Waals surface area contributed by atoms with Gasteiger partial charge < -0.3 is 10.1 Å². The molecule has 0 radical (unpaired) electrons. The number of benzene rings is 1. The van der Waals surface area contributed by atoms with Gasteiger partial charge in [0, 0.05) is 13.7 Å². The minimum atomic E-state index is -0.917. The first-order valence-corrected chi connectivity index (χ1v) is 5.55. The molecule has 0 amide bonds. The fourth-order valence-electron chi connectivity index (χ4n) is 1.06. The predicted octanol–water partition coefficient (Wildman–Crippen LogP) is 1.41. The normalized spacial score (nSPS) is 10.6. The monoisotopic (exact) mass is 273 g/mol. The van der Waals surface area contributed by atoms with Crippen LogP contribution in [0.2, 0.25) is 0 Å². The minimum absolute atomic E-state index is 0.325. The van der Waals surface area contributed by atoms with Gasteiger partial charge >= 0.3 is 0 Å².